The first kappa shape index (κ1) is 17.3. The van der Waals surface area contributed by atoms with Crippen molar-refractivity contribution in [1.82, 2.24) is 0 Å². The lowest BCUT2D eigenvalue weighted by atomic mass is 9.96. The maximum atomic E-state index is 6.09. The van der Waals surface area contributed by atoms with E-state index in [9.17, 15) is 0 Å². The van der Waals surface area contributed by atoms with Gasteiger partial charge in [-0.05, 0) is 62.4 Å². The molecule has 0 N–H and O–H groups in total. The van der Waals surface area contributed by atoms with E-state index in [1.54, 1.807) is 14.2 Å². The smallest absolute Gasteiger partial charge is 0.222 e. The summed E-state index contributed by atoms with van der Waals surface area (Å²) in [5, 5.41) is 0. The molecule has 124 valence electrons. The summed E-state index contributed by atoms with van der Waals surface area (Å²) in [5.41, 5.74) is 1.85. The van der Waals surface area contributed by atoms with Gasteiger partial charge in [0.05, 0.1) is 14.2 Å². The molecule has 0 heterocycles. The quantitative estimate of drug-likeness (QED) is 0.690. The Kier molecular flexibility index (Phi) is 6.02. The SMILES string of the molecule is CCOC(OCC)(c1ccc(OC)cc1)c1ccc(OC)cc1. The van der Waals surface area contributed by atoms with E-state index in [1.807, 2.05) is 62.4 Å². The number of hydrogen-bond acceptors (Lipinski definition) is 4. The third-order valence-corrected chi connectivity index (χ3v) is 3.64. The molecule has 0 saturated carbocycles. The average Bonchev–Trinajstić information content (AvgIpc) is 2.61. The molecule has 0 amide bonds. The Bertz CT molecular complexity index is 534. The predicted octanol–water partition coefficient (Wildman–Crippen LogP) is 3.98. The Labute approximate surface area is 137 Å². The van der Waals surface area contributed by atoms with Gasteiger partial charge < -0.3 is 18.9 Å². The Morgan fingerprint density at radius 3 is 1.26 bits per heavy atom. The van der Waals surface area contributed by atoms with E-state index >= 15 is 0 Å². The zero-order valence-electron chi connectivity index (χ0n) is 14.2. The van der Waals surface area contributed by atoms with Crippen LogP contribution >= 0.6 is 0 Å². The first-order valence-electron chi connectivity index (χ1n) is 7.77. The van der Waals surface area contributed by atoms with Crippen LogP contribution in [0.25, 0.3) is 0 Å². The molecule has 0 atom stereocenters. The summed E-state index contributed by atoms with van der Waals surface area (Å²) in [6, 6.07) is 15.5. The van der Waals surface area contributed by atoms with Crippen LogP contribution in [0.4, 0.5) is 0 Å². The third-order valence-electron chi connectivity index (χ3n) is 3.64. The van der Waals surface area contributed by atoms with Crippen LogP contribution in [-0.2, 0) is 15.3 Å². The highest BCUT2D eigenvalue weighted by atomic mass is 16.7. The molecule has 0 aliphatic heterocycles. The summed E-state index contributed by atoms with van der Waals surface area (Å²) < 4.78 is 22.6. The average molecular weight is 316 g/mol. The van der Waals surface area contributed by atoms with Crippen molar-refractivity contribution in [3.05, 3.63) is 59.7 Å². The molecular weight excluding hydrogens is 292 g/mol. The lowest BCUT2D eigenvalue weighted by Crippen LogP contribution is -2.34. The molecule has 23 heavy (non-hydrogen) atoms. The highest BCUT2D eigenvalue weighted by Gasteiger charge is 2.36. The van der Waals surface area contributed by atoms with Crippen LogP contribution in [0.2, 0.25) is 0 Å². The zero-order valence-corrected chi connectivity index (χ0v) is 14.2. The Balaban J connectivity index is 2.51. The minimum Gasteiger partial charge on any atom is -0.497 e. The van der Waals surface area contributed by atoms with Crippen LogP contribution < -0.4 is 9.47 Å². The molecular formula is C19H24O4. The Morgan fingerprint density at radius 2 is 1.00 bits per heavy atom. The fraction of sp³-hybridized carbons (Fsp3) is 0.368. The molecule has 0 aromatic heterocycles. The van der Waals surface area contributed by atoms with Crippen molar-refractivity contribution >= 4 is 0 Å². The summed E-state index contributed by atoms with van der Waals surface area (Å²) in [7, 11) is 3.30. The molecule has 0 aliphatic rings. The van der Waals surface area contributed by atoms with E-state index in [0.29, 0.717) is 13.2 Å². The highest BCUT2D eigenvalue weighted by Crippen LogP contribution is 2.36. The third kappa shape index (κ3) is 3.66. The van der Waals surface area contributed by atoms with Crippen LogP contribution in [0.1, 0.15) is 25.0 Å². The van der Waals surface area contributed by atoms with Gasteiger partial charge >= 0.3 is 0 Å². The van der Waals surface area contributed by atoms with Gasteiger partial charge in [0.15, 0.2) is 0 Å². The lowest BCUT2D eigenvalue weighted by molar-refractivity contribution is -0.213. The van der Waals surface area contributed by atoms with E-state index in [2.05, 4.69) is 0 Å². The van der Waals surface area contributed by atoms with E-state index in [1.165, 1.54) is 0 Å². The van der Waals surface area contributed by atoms with Gasteiger partial charge in [0.2, 0.25) is 5.79 Å². The minimum absolute atomic E-state index is 0.526. The molecule has 2 aromatic rings. The van der Waals surface area contributed by atoms with Crippen LogP contribution in [0.5, 0.6) is 11.5 Å². The second-order valence-corrected chi connectivity index (χ2v) is 4.94. The van der Waals surface area contributed by atoms with Gasteiger partial charge in [0.25, 0.3) is 0 Å². The van der Waals surface area contributed by atoms with Crippen molar-refractivity contribution in [1.29, 1.82) is 0 Å². The molecule has 2 rings (SSSR count). The van der Waals surface area contributed by atoms with Crippen molar-refractivity contribution in [3.8, 4) is 11.5 Å². The van der Waals surface area contributed by atoms with Gasteiger partial charge in [0, 0.05) is 24.3 Å². The van der Waals surface area contributed by atoms with Crippen LogP contribution in [0, 0.1) is 0 Å². The van der Waals surface area contributed by atoms with Crippen molar-refractivity contribution in [2.45, 2.75) is 19.6 Å². The van der Waals surface area contributed by atoms with Gasteiger partial charge in [-0.15, -0.1) is 0 Å². The van der Waals surface area contributed by atoms with Gasteiger partial charge in [-0.1, -0.05) is 0 Å². The summed E-state index contributed by atoms with van der Waals surface area (Å²) in [6.45, 7) is 4.97. The summed E-state index contributed by atoms with van der Waals surface area (Å²) in [4.78, 5) is 0. The predicted molar refractivity (Wildman–Crippen MR) is 90.0 cm³/mol. The van der Waals surface area contributed by atoms with Gasteiger partial charge in [-0.25, -0.2) is 0 Å². The first-order chi connectivity index (χ1) is 11.2. The molecule has 4 heteroatoms. The van der Waals surface area contributed by atoms with Crippen LogP contribution in [0.15, 0.2) is 48.5 Å². The highest BCUT2D eigenvalue weighted by molar-refractivity contribution is 5.39. The maximum Gasteiger partial charge on any atom is 0.222 e. The standard InChI is InChI=1S/C19H24O4/c1-5-22-19(23-6-2,15-7-11-17(20-3)12-8-15)16-9-13-18(21-4)14-10-16/h7-14H,5-6H2,1-4H3. The largest absolute Gasteiger partial charge is 0.497 e. The molecule has 0 aliphatic carbocycles. The van der Waals surface area contributed by atoms with Crippen molar-refractivity contribution in [2.75, 3.05) is 27.4 Å². The monoisotopic (exact) mass is 316 g/mol. The molecule has 0 unspecified atom stereocenters. The molecule has 0 fully saturated rings. The lowest BCUT2D eigenvalue weighted by Gasteiger charge is -2.34. The van der Waals surface area contributed by atoms with E-state index in [4.69, 9.17) is 18.9 Å². The molecule has 0 radical (unpaired) electrons. The number of benzene rings is 2. The van der Waals surface area contributed by atoms with Crippen molar-refractivity contribution in [3.63, 3.8) is 0 Å². The van der Waals surface area contributed by atoms with Gasteiger partial charge in [-0.2, -0.15) is 0 Å². The number of hydrogen-bond donors (Lipinski definition) is 0. The second kappa shape index (κ2) is 7.99. The summed E-state index contributed by atoms with van der Waals surface area (Å²) in [6.07, 6.45) is 0. The van der Waals surface area contributed by atoms with Crippen LogP contribution in [-0.4, -0.2) is 27.4 Å². The number of ether oxygens (including phenoxy) is 4. The Morgan fingerprint density at radius 1 is 0.652 bits per heavy atom. The number of rotatable bonds is 8. The van der Waals surface area contributed by atoms with Crippen molar-refractivity contribution < 1.29 is 18.9 Å². The topological polar surface area (TPSA) is 36.9 Å². The maximum absolute atomic E-state index is 6.09. The molecule has 4 nitrogen and oxygen atoms in total. The van der Waals surface area contributed by atoms with Gasteiger partial charge in [0.1, 0.15) is 11.5 Å². The molecule has 2 aromatic carbocycles. The van der Waals surface area contributed by atoms with E-state index in [0.717, 1.165) is 22.6 Å². The second-order valence-electron chi connectivity index (χ2n) is 4.94. The van der Waals surface area contributed by atoms with Crippen LogP contribution in [0.3, 0.4) is 0 Å². The van der Waals surface area contributed by atoms with Crippen molar-refractivity contribution in [2.24, 2.45) is 0 Å². The minimum atomic E-state index is -0.942. The van der Waals surface area contributed by atoms with Gasteiger partial charge in [-0.3, -0.25) is 0 Å². The zero-order chi connectivity index (χ0) is 16.7. The molecule has 0 spiro atoms. The molecule has 0 bridgehead atoms. The molecule has 0 saturated heterocycles. The first-order valence-corrected chi connectivity index (χ1v) is 7.77. The number of methoxy groups -OCH3 is 2. The Hall–Kier alpha value is -2.04. The summed E-state index contributed by atoms with van der Waals surface area (Å²) >= 11 is 0. The summed E-state index contributed by atoms with van der Waals surface area (Å²) in [5.74, 6) is 0.651. The fourth-order valence-corrected chi connectivity index (χ4v) is 2.57. The normalized spacial score (nSPS) is 11.3. The fourth-order valence-electron chi connectivity index (χ4n) is 2.57. The van der Waals surface area contributed by atoms with E-state index < -0.39 is 5.79 Å². The van der Waals surface area contributed by atoms with E-state index in [-0.39, 0.29) is 0 Å².